The van der Waals surface area contributed by atoms with Crippen molar-refractivity contribution in [1.29, 1.82) is 0 Å². The monoisotopic (exact) mass is 322 g/mol. The Bertz CT molecular complexity index is 688. The number of fused-ring (bicyclic) bond motifs is 1. The lowest BCUT2D eigenvalue weighted by molar-refractivity contribution is -0.118. The summed E-state index contributed by atoms with van der Waals surface area (Å²) in [6.07, 6.45) is 1.91. The molecule has 1 aromatic heterocycles. The molecule has 3 rings (SSSR count). The average Bonchev–Trinajstić information content (AvgIpc) is 2.91. The van der Waals surface area contributed by atoms with Crippen LogP contribution in [0.2, 0.25) is 5.02 Å². The Hall–Kier alpha value is -1.92. The van der Waals surface area contributed by atoms with Crippen molar-refractivity contribution in [3.8, 4) is 5.75 Å². The van der Waals surface area contributed by atoms with Gasteiger partial charge in [-0.1, -0.05) is 11.6 Å². The molecule has 0 saturated heterocycles. The van der Waals surface area contributed by atoms with Gasteiger partial charge in [0.2, 0.25) is 5.91 Å². The average molecular weight is 323 g/mol. The molecular weight excluding hydrogens is 312 g/mol. The second-order valence-corrected chi connectivity index (χ2v) is 5.85. The standard InChI is InChI=1S/C14H11ClN2O3S/c15-8-1-2-11-10(7-8)12(18)9(3-5-20-11)13(19)17-14-16-4-6-21-14/h1-2,4,6-7,9H,3,5H2,(H,16,17,19). The van der Waals surface area contributed by atoms with Gasteiger partial charge >= 0.3 is 0 Å². The van der Waals surface area contributed by atoms with E-state index in [2.05, 4.69) is 10.3 Å². The van der Waals surface area contributed by atoms with Crippen LogP contribution in [0.4, 0.5) is 5.13 Å². The number of halogens is 1. The van der Waals surface area contributed by atoms with E-state index in [1.165, 1.54) is 17.4 Å². The molecule has 7 heteroatoms. The molecule has 108 valence electrons. The molecule has 1 atom stereocenters. The maximum Gasteiger partial charge on any atom is 0.237 e. The van der Waals surface area contributed by atoms with E-state index in [9.17, 15) is 9.59 Å². The van der Waals surface area contributed by atoms with Crippen molar-refractivity contribution < 1.29 is 14.3 Å². The SMILES string of the molecule is O=C(Nc1nccs1)C1CCOc2ccc(Cl)cc2C1=O. The van der Waals surface area contributed by atoms with Gasteiger partial charge in [0, 0.05) is 23.0 Å². The summed E-state index contributed by atoms with van der Waals surface area (Å²) in [4.78, 5) is 28.8. The normalized spacial score (nSPS) is 17.6. The third-order valence-corrected chi connectivity index (χ3v) is 4.09. The molecule has 0 spiro atoms. The number of nitrogens with zero attached hydrogens (tertiary/aromatic N) is 1. The Morgan fingerprint density at radius 3 is 3.10 bits per heavy atom. The van der Waals surface area contributed by atoms with Gasteiger partial charge in [-0.15, -0.1) is 11.3 Å². The van der Waals surface area contributed by atoms with Crippen LogP contribution in [-0.4, -0.2) is 23.3 Å². The number of thiazole rings is 1. The van der Waals surface area contributed by atoms with Crippen LogP contribution in [0.1, 0.15) is 16.8 Å². The van der Waals surface area contributed by atoms with Gasteiger partial charge in [-0.05, 0) is 18.2 Å². The number of Topliss-reactive ketones (excluding diaryl/α,β-unsaturated/α-hetero) is 1. The number of amides is 1. The lowest BCUT2D eigenvalue weighted by Crippen LogP contribution is -2.29. The van der Waals surface area contributed by atoms with E-state index in [1.807, 2.05) is 0 Å². The fraction of sp³-hybridized carbons (Fsp3) is 0.214. The molecule has 2 aromatic rings. The van der Waals surface area contributed by atoms with Crippen LogP contribution in [0, 0.1) is 5.92 Å². The molecule has 1 amide bonds. The number of anilines is 1. The zero-order valence-electron chi connectivity index (χ0n) is 10.8. The van der Waals surface area contributed by atoms with Crippen molar-refractivity contribution in [1.82, 2.24) is 4.98 Å². The van der Waals surface area contributed by atoms with E-state index < -0.39 is 5.92 Å². The van der Waals surface area contributed by atoms with E-state index in [-0.39, 0.29) is 11.7 Å². The summed E-state index contributed by atoms with van der Waals surface area (Å²) in [6.45, 7) is 0.302. The summed E-state index contributed by atoms with van der Waals surface area (Å²) in [5, 5.41) is 5.32. The number of aromatic nitrogens is 1. The number of benzene rings is 1. The first-order valence-corrected chi connectivity index (χ1v) is 7.58. The largest absolute Gasteiger partial charge is 0.493 e. The molecule has 1 aromatic carbocycles. The highest BCUT2D eigenvalue weighted by Gasteiger charge is 2.32. The first-order valence-electron chi connectivity index (χ1n) is 6.32. The predicted molar refractivity (Wildman–Crippen MR) is 80.1 cm³/mol. The van der Waals surface area contributed by atoms with Gasteiger partial charge in [0.25, 0.3) is 0 Å². The Morgan fingerprint density at radius 2 is 2.33 bits per heavy atom. The maximum absolute atomic E-state index is 12.5. The van der Waals surface area contributed by atoms with Gasteiger partial charge in [-0.25, -0.2) is 4.98 Å². The first-order chi connectivity index (χ1) is 10.1. The minimum Gasteiger partial charge on any atom is -0.493 e. The summed E-state index contributed by atoms with van der Waals surface area (Å²) in [5.74, 6) is -0.979. The summed E-state index contributed by atoms with van der Waals surface area (Å²) in [7, 11) is 0. The van der Waals surface area contributed by atoms with Crippen LogP contribution in [0.3, 0.4) is 0 Å². The summed E-state index contributed by atoms with van der Waals surface area (Å²) in [5.41, 5.74) is 0.347. The van der Waals surface area contributed by atoms with E-state index in [0.29, 0.717) is 34.5 Å². The molecule has 1 N–H and O–H groups in total. The van der Waals surface area contributed by atoms with Gasteiger partial charge in [0.1, 0.15) is 11.7 Å². The second-order valence-electron chi connectivity index (χ2n) is 4.52. The predicted octanol–water partition coefficient (Wildman–Crippen LogP) is 3.02. The Balaban J connectivity index is 1.86. The van der Waals surface area contributed by atoms with Crippen LogP contribution in [0.25, 0.3) is 0 Å². The van der Waals surface area contributed by atoms with E-state index in [1.54, 1.807) is 23.7 Å². The zero-order valence-corrected chi connectivity index (χ0v) is 12.4. The third-order valence-electron chi connectivity index (χ3n) is 3.17. The first kappa shape index (κ1) is 14.0. The topological polar surface area (TPSA) is 68.3 Å². The lowest BCUT2D eigenvalue weighted by atomic mass is 9.94. The number of nitrogens with one attached hydrogen (secondary N) is 1. The number of carbonyl (C=O) groups is 2. The highest BCUT2D eigenvalue weighted by atomic mass is 35.5. The molecule has 5 nitrogen and oxygen atoms in total. The summed E-state index contributed by atoms with van der Waals surface area (Å²) >= 11 is 7.22. The third kappa shape index (κ3) is 2.91. The minimum atomic E-state index is -0.798. The quantitative estimate of drug-likeness (QED) is 0.863. The number of hydrogen-bond donors (Lipinski definition) is 1. The molecule has 0 radical (unpaired) electrons. The molecule has 1 aliphatic heterocycles. The van der Waals surface area contributed by atoms with Gasteiger partial charge < -0.3 is 10.1 Å². The van der Waals surface area contributed by atoms with Crippen LogP contribution in [-0.2, 0) is 4.79 Å². The molecule has 1 unspecified atom stereocenters. The summed E-state index contributed by atoms with van der Waals surface area (Å²) in [6, 6.07) is 4.84. The zero-order chi connectivity index (χ0) is 14.8. The van der Waals surface area contributed by atoms with Gasteiger partial charge in [0.05, 0.1) is 12.2 Å². The van der Waals surface area contributed by atoms with Gasteiger partial charge in [-0.3, -0.25) is 9.59 Å². The Kier molecular flexibility index (Phi) is 3.90. The van der Waals surface area contributed by atoms with Crippen molar-refractivity contribution in [2.45, 2.75) is 6.42 Å². The lowest BCUT2D eigenvalue weighted by Gasteiger charge is -2.11. The summed E-state index contributed by atoms with van der Waals surface area (Å²) < 4.78 is 5.52. The Morgan fingerprint density at radius 1 is 1.48 bits per heavy atom. The van der Waals surface area contributed by atoms with Crippen LogP contribution >= 0.6 is 22.9 Å². The van der Waals surface area contributed by atoms with Crippen LogP contribution < -0.4 is 10.1 Å². The molecule has 0 aliphatic carbocycles. The molecule has 0 bridgehead atoms. The number of rotatable bonds is 2. The molecular formula is C14H11ClN2O3S. The van der Waals surface area contributed by atoms with E-state index in [4.69, 9.17) is 16.3 Å². The maximum atomic E-state index is 12.5. The highest BCUT2D eigenvalue weighted by Crippen LogP contribution is 2.30. The molecule has 21 heavy (non-hydrogen) atoms. The second kappa shape index (κ2) is 5.83. The van der Waals surface area contributed by atoms with E-state index in [0.717, 1.165) is 0 Å². The van der Waals surface area contributed by atoms with Crippen molar-refractivity contribution >= 4 is 39.8 Å². The van der Waals surface area contributed by atoms with Crippen molar-refractivity contribution in [3.63, 3.8) is 0 Å². The van der Waals surface area contributed by atoms with E-state index >= 15 is 0 Å². The van der Waals surface area contributed by atoms with Crippen molar-refractivity contribution in [2.75, 3.05) is 11.9 Å². The smallest absolute Gasteiger partial charge is 0.237 e. The Labute approximate surface area is 129 Å². The highest BCUT2D eigenvalue weighted by molar-refractivity contribution is 7.13. The molecule has 1 aliphatic rings. The fourth-order valence-corrected chi connectivity index (χ4v) is 2.86. The molecule has 0 saturated carbocycles. The number of ketones is 1. The molecule has 2 heterocycles. The minimum absolute atomic E-state index is 0.279. The molecule has 0 fully saturated rings. The van der Waals surface area contributed by atoms with Crippen LogP contribution in [0.15, 0.2) is 29.8 Å². The number of ether oxygens (including phenoxy) is 1. The van der Waals surface area contributed by atoms with Crippen molar-refractivity contribution in [3.05, 3.63) is 40.4 Å². The van der Waals surface area contributed by atoms with Gasteiger partial charge in [-0.2, -0.15) is 0 Å². The van der Waals surface area contributed by atoms with Crippen molar-refractivity contribution in [2.24, 2.45) is 5.92 Å². The van der Waals surface area contributed by atoms with Gasteiger partial charge in [0.15, 0.2) is 10.9 Å². The number of hydrogen-bond acceptors (Lipinski definition) is 5. The van der Waals surface area contributed by atoms with Crippen LogP contribution in [0.5, 0.6) is 5.75 Å². The fourth-order valence-electron chi connectivity index (χ4n) is 2.15. The number of carbonyl (C=O) groups excluding carboxylic acids is 2.